The number of carbonyl (C=O) groups is 1. The zero-order chi connectivity index (χ0) is 15.5. The number of rotatable bonds is 6. The Hall–Kier alpha value is -1.69. The molecule has 0 aromatic heterocycles. The van der Waals surface area contributed by atoms with Gasteiger partial charge in [-0.15, -0.1) is 0 Å². The molecule has 0 spiro atoms. The molecule has 1 aliphatic carbocycles. The normalized spacial score (nSPS) is 25.0. The fourth-order valence-corrected chi connectivity index (χ4v) is 2.65. The molecule has 21 heavy (non-hydrogen) atoms. The number of halogens is 2. The average Bonchev–Trinajstić information content (AvgIpc) is 2.86. The first kappa shape index (κ1) is 15.7. The molecule has 0 amide bonds. The molecule has 1 aromatic rings. The van der Waals surface area contributed by atoms with Crippen molar-refractivity contribution in [2.45, 2.75) is 44.2 Å². The minimum atomic E-state index is -1.04. The van der Waals surface area contributed by atoms with Crippen LogP contribution in [-0.4, -0.2) is 29.3 Å². The van der Waals surface area contributed by atoms with E-state index in [2.05, 4.69) is 5.32 Å². The topological polar surface area (TPSA) is 58.6 Å². The molecule has 0 radical (unpaired) electrons. The first-order chi connectivity index (χ1) is 9.98. The minimum Gasteiger partial charge on any atom is -0.487 e. The molecule has 1 aliphatic rings. The fourth-order valence-electron chi connectivity index (χ4n) is 2.65. The van der Waals surface area contributed by atoms with Crippen LogP contribution in [0.3, 0.4) is 0 Å². The predicted molar refractivity (Wildman–Crippen MR) is 73.3 cm³/mol. The van der Waals surface area contributed by atoms with Crippen molar-refractivity contribution in [2.24, 2.45) is 0 Å². The van der Waals surface area contributed by atoms with E-state index in [-0.39, 0.29) is 12.2 Å². The van der Waals surface area contributed by atoms with Crippen LogP contribution >= 0.6 is 0 Å². The summed E-state index contributed by atoms with van der Waals surface area (Å²) in [6, 6.07) is 3.72. The van der Waals surface area contributed by atoms with E-state index in [1.54, 1.807) is 0 Å². The SMILES string of the molecule is CCCNC1(C(=O)O)CCC(Oc2cccc(F)c2F)C1. The van der Waals surface area contributed by atoms with Gasteiger partial charge in [-0.2, -0.15) is 4.39 Å². The molecule has 2 rings (SSSR count). The van der Waals surface area contributed by atoms with E-state index < -0.39 is 29.2 Å². The minimum absolute atomic E-state index is 0.170. The Morgan fingerprint density at radius 3 is 2.95 bits per heavy atom. The summed E-state index contributed by atoms with van der Waals surface area (Å²) in [4.78, 5) is 11.5. The molecule has 2 N–H and O–H groups in total. The summed E-state index contributed by atoms with van der Waals surface area (Å²) in [6.07, 6.45) is 1.50. The number of carboxylic acid groups (broad SMARTS) is 1. The van der Waals surface area contributed by atoms with Crippen molar-refractivity contribution in [1.29, 1.82) is 0 Å². The lowest BCUT2D eigenvalue weighted by atomic mass is 9.97. The quantitative estimate of drug-likeness (QED) is 0.848. The standard InChI is InChI=1S/C15H19F2NO3/c1-2-8-18-15(14(19)20)7-6-10(9-15)21-12-5-3-4-11(16)13(12)17/h3-5,10,18H,2,6-9H2,1H3,(H,19,20). The van der Waals surface area contributed by atoms with Gasteiger partial charge in [-0.3, -0.25) is 4.79 Å². The highest BCUT2D eigenvalue weighted by Gasteiger charge is 2.46. The Kier molecular flexibility index (Phi) is 4.77. The molecule has 0 aliphatic heterocycles. The molecule has 1 fully saturated rings. The maximum atomic E-state index is 13.6. The van der Waals surface area contributed by atoms with Gasteiger partial charge in [0.05, 0.1) is 0 Å². The van der Waals surface area contributed by atoms with Crippen LogP contribution in [0, 0.1) is 11.6 Å². The third kappa shape index (κ3) is 3.32. The van der Waals surface area contributed by atoms with Crippen molar-refractivity contribution in [1.82, 2.24) is 5.32 Å². The van der Waals surface area contributed by atoms with Crippen molar-refractivity contribution < 1.29 is 23.4 Å². The second kappa shape index (κ2) is 6.39. The molecule has 0 saturated heterocycles. The summed E-state index contributed by atoms with van der Waals surface area (Å²) >= 11 is 0. The Labute approximate surface area is 122 Å². The Morgan fingerprint density at radius 1 is 1.52 bits per heavy atom. The molecule has 0 bridgehead atoms. The van der Waals surface area contributed by atoms with Crippen LogP contribution in [0.2, 0.25) is 0 Å². The maximum absolute atomic E-state index is 13.6. The largest absolute Gasteiger partial charge is 0.487 e. The molecule has 1 aromatic carbocycles. The molecule has 0 heterocycles. The van der Waals surface area contributed by atoms with Crippen LogP contribution in [-0.2, 0) is 4.79 Å². The second-order valence-electron chi connectivity index (χ2n) is 5.35. The molecule has 4 nitrogen and oxygen atoms in total. The highest BCUT2D eigenvalue weighted by Crippen LogP contribution is 2.34. The molecule has 116 valence electrons. The molecule has 6 heteroatoms. The van der Waals surface area contributed by atoms with Gasteiger partial charge in [0.15, 0.2) is 11.6 Å². The smallest absolute Gasteiger partial charge is 0.324 e. The van der Waals surface area contributed by atoms with Gasteiger partial charge in [0.1, 0.15) is 11.6 Å². The van der Waals surface area contributed by atoms with Gasteiger partial charge >= 0.3 is 5.97 Å². The van der Waals surface area contributed by atoms with Gasteiger partial charge in [-0.25, -0.2) is 4.39 Å². The van der Waals surface area contributed by atoms with Crippen LogP contribution in [0.1, 0.15) is 32.6 Å². The molecule has 1 saturated carbocycles. The van der Waals surface area contributed by atoms with Crippen molar-refractivity contribution in [3.63, 3.8) is 0 Å². The van der Waals surface area contributed by atoms with Crippen molar-refractivity contribution in [3.8, 4) is 5.75 Å². The van der Waals surface area contributed by atoms with Gasteiger partial charge in [0.2, 0.25) is 5.82 Å². The first-order valence-electron chi connectivity index (χ1n) is 7.07. The van der Waals surface area contributed by atoms with E-state index in [4.69, 9.17) is 4.74 Å². The predicted octanol–water partition coefficient (Wildman–Crippen LogP) is 2.72. The third-order valence-electron chi connectivity index (χ3n) is 3.80. The van der Waals surface area contributed by atoms with Crippen molar-refractivity contribution in [2.75, 3.05) is 6.54 Å². The summed E-state index contributed by atoms with van der Waals surface area (Å²) in [6.45, 7) is 2.54. The highest BCUT2D eigenvalue weighted by molar-refractivity contribution is 5.79. The monoisotopic (exact) mass is 299 g/mol. The number of hydrogen-bond donors (Lipinski definition) is 2. The van der Waals surface area contributed by atoms with Gasteiger partial charge in [-0.1, -0.05) is 13.0 Å². The van der Waals surface area contributed by atoms with E-state index in [0.29, 0.717) is 19.4 Å². The zero-order valence-electron chi connectivity index (χ0n) is 11.9. The lowest BCUT2D eigenvalue weighted by molar-refractivity contribution is -0.144. The van der Waals surface area contributed by atoms with Crippen LogP contribution in [0.5, 0.6) is 5.75 Å². The van der Waals surface area contributed by atoms with Gasteiger partial charge in [0.25, 0.3) is 0 Å². The van der Waals surface area contributed by atoms with E-state index in [1.807, 2.05) is 6.92 Å². The molecule has 2 atom stereocenters. The number of ether oxygens (including phenoxy) is 1. The number of hydrogen-bond acceptors (Lipinski definition) is 3. The lowest BCUT2D eigenvalue weighted by Crippen LogP contribution is -2.50. The average molecular weight is 299 g/mol. The summed E-state index contributed by atoms with van der Waals surface area (Å²) in [5.41, 5.74) is -1.04. The van der Waals surface area contributed by atoms with Gasteiger partial charge in [0, 0.05) is 6.42 Å². The van der Waals surface area contributed by atoms with E-state index in [9.17, 15) is 18.7 Å². The number of aliphatic carboxylic acids is 1. The van der Waals surface area contributed by atoms with Crippen LogP contribution < -0.4 is 10.1 Å². The fraction of sp³-hybridized carbons (Fsp3) is 0.533. The summed E-state index contributed by atoms with van der Waals surface area (Å²) in [5.74, 6) is -3.11. The van der Waals surface area contributed by atoms with Crippen LogP contribution in [0.15, 0.2) is 18.2 Å². The zero-order valence-corrected chi connectivity index (χ0v) is 11.9. The Bertz CT molecular complexity index is 524. The third-order valence-corrected chi connectivity index (χ3v) is 3.80. The molecule has 2 unspecified atom stereocenters. The van der Waals surface area contributed by atoms with E-state index in [1.165, 1.54) is 12.1 Å². The first-order valence-corrected chi connectivity index (χ1v) is 7.07. The number of carboxylic acids is 1. The highest BCUT2D eigenvalue weighted by atomic mass is 19.2. The van der Waals surface area contributed by atoms with E-state index >= 15 is 0 Å². The molecular formula is C15H19F2NO3. The maximum Gasteiger partial charge on any atom is 0.324 e. The Morgan fingerprint density at radius 2 is 2.29 bits per heavy atom. The van der Waals surface area contributed by atoms with Gasteiger partial charge in [-0.05, 0) is 37.9 Å². The van der Waals surface area contributed by atoms with Crippen LogP contribution in [0.25, 0.3) is 0 Å². The number of benzene rings is 1. The summed E-state index contributed by atoms with van der Waals surface area (Å²) in [7, 11) is 0. The number of nitrogens with one attached hydrogen (secondary N) is 1. The second-order valence-corrected chi connectivity index (χ2v) is 5.35. The van der Waals surface area contributed by atoms with Crippen LogP contribution in [0.4, 0.5) is 8.78 Å². The van der Waals surface area contributed by atoms with Gasteiger partial charge < -0.3 is 15.2 Å². The summed E-state index contributed by atoms with van der Waals surface area (Å²) in [5, 5.41) is 12.5. The summed E-state index contributed by atoms with van der Waals surface area (Å²) < 4.78 is 32.2. The Balaban J connectivity index is 2.07. The van der Waals surface area contributed by atoms with Crippen molar-refractivity contribution >= 4 is 5.97 Å². The van der Waals surface area contributed by atoms with E-state index in [0.717, 1.165) is 12.5 Å². The molecular weight excluding hydrogens is 280 g/mol. The van der Waals surface area contributed by atoms with Crippen molar-refractivity contribution in [3.05, 3.63) is 29.8 Å². The lowest BCUT2D eigenvalue weighted by Gasteiger charge is -2.25.